The maximum atomic E-state index is 11.8. The van der Waals surface area contributed by atoms with Crippen LogP contribution in [0.1, 0.15) is 40.0 Å². The van der Waals surface area contributed by atoms with Crippen molar-refractivity contribution >= 4 is 11.8 Å². The highest BCUT2D eigenvalue weighted by Crippen LogP contribution is 2.03. The molecule has 4 N–H and O–H groups in total. The minimum Gasteiger partial charge on any atom is -0.357 e. The van der Waals surface area contributed by atoms with E-state index in [4.69, 9.17) is 5.73 Å². The molecule has 5 heteroatoms. The summed E-state index contributed by atoms with van der Waals surface area (Å²) < 4.78 is 0. The number of likely N-dealkylation sites (N-methyl/N-ethyl adjacent to an activating group) is 1. The Kier molecular flexibility index (Phi) is 7.54. The lowest BCUT2D eigenvalue weighted by atomic mass is 10.0. The van der Waals surface area contributed by atoms with Gasteiger partial charge in [-0.25, -0.2) is 0 Å². The summed E-state index contributed by atoms with van der Waals surface area (Å²) in [6.07, 6.45) is 2.53. The summed E-state index contributed by atoms with van der Waals surface area (Å²) in [5.41, 5.74) is 5.73. The zero-order valence-corrected chi connectivity index (χ0v) is 11.2. The Labute approximate surface area is 104 Å². The highest BCUT2D eigenvalue weighted by molar-refractivity contribution is 5.89. The van der Waals surface area contributed by atoms with Gasteiger partial charge in [0.25, 0.3) is 0 Å². The van der Waals surface area contributed by atoms with Crippen LogP contribution < -0.4 is 16.4 Å². The number of nitrogens with two attached hydrogens (primary N) is 1. The van der Waals surface area contributed by atoms with Crippen LogP contribution in [-0.2, 0) is 9.59 Å². The quantitative estimate of drug-likeness (QED) is 0.605. The largest absolute Gasteiger partial charge is 0.357 e. The number of rotatable bonds is 7. The molecule has 0 aliphatic rings. The third-order valence-electron chi connectivity index (χ3n) is 2.75. The van der Waals surface area contributed by atoms with E-state index in [1.807, 2.05) is 20.8 Å². The Bertz CT molecular complexity index is 254. The molecule has 5 nitrogen and oxygen atoms in total. The molecule has 100 valence electrons. The number of unbranched alkanes of at least 4 members (excludes halogenated alkanes) is 1. The summed E-state index contributed by atoms with van der Waals surface area (Å²) in [5.74, 6) is -0.362. The van der Waals surface area contributed by atoms with E-state index in [-0.39, 0.29) is 17.7 Å². The second-order valence-corrected chi connectivity index (χ2v) is 4.59. The van der Waals surface area contributed by atoms with Gasteiger partial charge in [-0.15, -0.1) is 0 Å². The van der Waals surface area contributed by atoms with Crippen LogP contribution >= 0.6 is 0 Å². The van der Waals surface area contributed by atoms with Gasteiger partial charge >= 0.3 is 0 Å². The maximum absolute atomic E-state index is 11.8. The lowest BCUT2D eigenvalue weighted by Crippen LogP contribution is -2.52. The standard InChI is InChI=1S/C12H25N3O2/c1-5-6-7-9(11(16)14-4)15-12(17)10(13)8(2)3/h8-10H,5-7,13H2,1-4H3,(H,14,16)(H,15,17)/t9-,10-/m0/s1. The van der Waals surface area contributed by atoms with Crippen molar-refractivity contribution in [2.24, 2.45) is 11.7 Å². The first-order chi connectivity index (χ1) is 7.93. The summed E-state index contributed by atoms with van der Waals surface area (Å²) in [7, 11) is 1.57. The van der Waals surface area contributed by atoms with Gasteiger partial charge in [0.2, 0.25) is 11.8 Å². The Morgan fingerprint density at radius 1 is 1.24 bits per heavy atom. The molecule has 0 aliphatic carbocycles. The average Bonchev–Trinajstić information content (AvgIpc) is 2.31. The Balaban J connectivity index is 4.41. The van der Waals surface area contributed by atoms with Crippen LogP contribution in [0.25, 0.3) is 0 Å². The van der Waals surface area contributed by atoms with E-state index in [1.54, 1.807) is 7.05 Å². The SMILES string of the molecule is CCCC[C@H](NC(=O)[C@@H](N)C(C)C)C(=O)NC. The smallest absolute Gasteiger partial charge is 0.242 e. The van der Waals surface area contributed by atoms with Gasteiger partial charge in [0.15, 0.2) is 0 Å². The van der Waals surface area contributed by atoms with Crippen LogP contribution in [-0.4, -0.2) is 30.9 Å². The zero-order chi connectivity index (χ0) is 13.4. The van der Waals surface area contributed by atoms with E-state index in [0.717, 1.165) is 12.8 Å². The van der Waals surface area contributed by atoms with Crippen LogP contribution in [0.15, 0.2) is 0 Å². The highest BCUT2D eigenvalue weighted by atomic mass is 16.2. The van der Waals surface area contributed by atoms with Crippen molar-refractivity contribution in [3.8, 4) is 0 Å². The molecule has 0 aromatic rings. The molecule has 0 aromatic heterocycles. The van der Waals surface area contributed by atoms with Crippen molar-refractivity contribution in [3.63, 3.8) is 0 Å². The fourth-order valence-corrected chi connectivity index (χ4v) is 1.42. The third-order valence-corrected chi connectivity index (χ3v) is 2.75. The van der Waals surface area contributed by atoms with Crippen LogP contribution in [0, 0.1) is 5.92 Å². The molecule has 0 fully saturated rings. The second kappa shape index (κ2) is 8.06. The summed E-state index contributed by atoms with van der Waals surface area (Å²) in [6.45, 7) is 5.80. The number of hydrogen-bond donors (Lipinski definition) is 3. The Hall–Kier alpha value is -1.10. The van der Waals surface area contributed by atoms with Gasteiger partial charge in [-0.1, -0.05) is 33.6 Å². The molecule has 0 heterocycles. The van der Waals surface area contributed by atoms with Crippen molar-refractivity contribution in [2.45, 2.75) is 52.1 Å². The van der Waals surface area contributed by atoms with Gasteiger partial charge in [0.1, 0.15) is 6.04 Å². The summed E-state index contributed by atoms with van der Waals surface area (Å²) >= 11 is 0. The first-order valence-electron chi connectivity index (χ1n) is 6.21. The molecule has 0 saturated heterocycles. The minimum absolute atomic E-state index is 0.0616. The number of amides is 2. The molecule has 2 amide bonds. The third kappa shape index (κ3) is 5.68. The van der Waals surface area contributed by atoms with Gasteiger partial charge in [-0.3, -0.25) is 9.59 Å². The van der Waals surface area contributed by atoms with E-state index >= 15 is 0 Å². The molecule has 2 atom stereocenters. The average molecular weight is 243 g/mol. The second-order valence-electron chi connectivity index (χ2n) is 4.59. The van der Waals surface area contributed by atoms with Crippen LogP contribution in [0.2, 0.25) is 0 Å². The fraction of sp³-hybridized carbons (Fsp3) is 0.833. The highest BCUT2D eigenvalue weighted by Gasteiger charge is 2.23. The molecule has 0 bridgehead atoms. The normalized spacial score (nSPS) is 14.2. The van der Waals surface area contributed by atoms with Gasteiger partial charge in [-0.05, 0) is 12.3 Å². The van der Waals surface area contributed by atoms with Crippen LogP contribution in [0.3, 0.4) is 0 Å². The lowest BCUT2D eigenvalue weighted by Gasteiger charge is -2.21. The molecule has 17 heavy (non-hydrogen) atoms. The van der Waals surface area contributed by atoms with Crippen molar-refractivity contribution < 1.29 is 9.59 Å². The number of nitrogens with one attached hydrogen (secondary N) is 2. The number of hydrogen-bond acceptors (Lipinski definition) is 3. The lowest BCUT2D eigenvalue weighted by molar-refractivity contribution is -0.130. The predicted octanol–water partition coefficient (Wildman–Crippen LogP) is 0.391. The molecular formula is C12H25N3O2. The van der Waals surface area contributed by atoms with E-state index in [2.05, 4.69) is 10.6 Å². The monoisotopic (exact) mass is 243 g/mol. The number of carbonyl (C=O) groups is 2. The first-order valence-corrected chi connectivity index (χ1v) is 6.21. The van der Waals surface area contributed by atoms with Crippen molar-refractivity contribution in [3.05, 3.63) is 0 Å². The summed E-state index contributed by atoms with van der Waals surface area (Å²) in [6, 6.07) is -1.04. The Morgan fingerprint density at radius 3 is 2.24 bits per heavy atom. The van der Waals surface area contributed by atoms with Crippen molar-refractivity contribution in [1.29, 1.82) is 0 Å². The molecule has 0 aromatic carbocycles. The minimum atomic E-state index is -0.566. The summed E-state index contributed by atoms with van der Waals surface area (Å²) in [4.78, 5) is 23.3. The Morgan fingerprint density at radius 2 is 1.82 bits per heavy atom. The molecule has 0 saturated carbocycles. The van der Waals surface area contributed by atoms with E-state index in [1.165, 1.54) is 0 Å². The van der Waals surface area contributed by atoms with Gasteiger partial charge < -0.3 is 16.4 Å². The predicted molar refractivity (Wildman–Crippen MR) is 68.3 cm³/mol. The van der Waals surface area contributed by atoms with E-state index < -0.39 is 12.1 Å². The van der Waals surface area contributed by atoms with Crippen LogP contribution in [0.5, 0.6) is 0 Å². The van der Waals surface area contributed by atoms with Crippen LogP contribution in [0.4, 0.5) is 0 Å². The molecule has 0 aliphatic heterocycles. The van der Waals surface area contributed by atoms with Gasteiger partial charge in [0, 0.05) is 7.05 Å². The molecule has 0 spiro atoms. The number of carbonyl (C=O) groups excluding carboxylic acids is 2. The zero-order valence-electron chi connectivity index (χ0n) is 11.2. The molecular weight excluding hydrogens is 218 g/mol. The van der Waals surface area contributed by atoms with Gasteiger partial charge in [0.05, 0.1) is 6.04 Å². The van der Waals surface area contributed by atoms with Gasteiger partial charge in [-0.2, -0.15) is 0 Å². The molecule has 0 radical (unpaired) electrons. The van der Waals surface area contributed by atoms with E-state index in [9.17, 15) is 9.59 Å². The fourth-order valence-electron chi connectivity index (χ4n) is 1.42. The van der Waals surface area contributed by atoms with E-state index in [0.29, 0.717) is 6.42 Å². The summed E-state index contributed by atoms with van der Waals surface area (Å²) in [5, 5.41) is 5.26. The topological polar surface area (TPSA) is 84.2 Å². The first kappa shape index (κ1) is 15.9. The van der Waals surface area contributed by atoms with Crippen molar-refractivity contribution in [1.82, 2.24) is 10.6 Å². The maximum Gasteiger partial charge on any atom is 0.242 e. The van der Waals surface area contributed by atoms with Crippen molar-refractivity contribution in [2.75, 3.05) is 7.05 Å². The molecule has 0 rings (SSSR count). The molecule has 0 unspecified atom stereocenters.